The van der Waals surface area contributed by atoms with Gasteiger partial charge in [-0.3, -0.25) is 0 Å². The molecule has 2 aliphatic carbocycles. The van der Waals surface area contributed by atoms with Gasteiger partial charge < -0.3 is 27.0 Å². The average molecular weight is 886 g/mol. The Hall–Kier alpha value is -4.57. The van der Waals surface area contributed by atoms with E-state index in [1.165, 1.54) is 7.05 Å². The van der Waals surface area contributed by atoms with Crippen molar-refractivity contribution in [1.29, 1.82) is 0 Å². The van der Waals surface area contributed by atoms with E-state index in [1.54, 1.807) is 0 Å². The van der Waals surface area contributed by atoms with Gasteiger partial charge in [-0.25, -0.2) is 13.8 Å². The zero-order valence-electron chi connectivity index (χ0n) is 38.2. The van der Waals surface area contributed by atoms with Crippen LogP contribution in [0.2, 0.25) is 0 Å². The number of anilines is 1. The van der Waals surface area contributed by atoms with Crippen LogP contribution in [-0.2, 0) is 18.3 Å². The van der Waals surface area contributed by atoms with Crippen molar-refractivity contribution >= 4 is 35.7 Å². The summed E-state index contributed by atoms with van der Waals surface area (Å²) in [5, 5.41) is 6.97. The lowest BCUT2D eigenvalue weighted by Gasteiger charge is -2.41. The molecule has 0 spiro atoms. The molecule has 1 aromatic heterocycles. The molecule has 0 atom stereocenters. The van der Waals surface area contributed by atoms with Gasteiger partial charge in [0.25, 0.3) is 5.92 Å². The molecular formula is C52H71ClF2N6S. The number of aryl methyl sites for hydroxylation is 1. The Bertz CT molecular complexity index is 2120. The van der Waals surface area contributed by atoms with Gasteiger partial charge in [0.1, 0.15) is 5.82 Å². The van der Waals surface area contributed by atoms with Crippen LogP contribution in [0.4, 0.5) is 14.6 Å². The summed E-state index contributed by atoms with van der Waals surface area (Å²) in [5.74, 6) is -0.831. The zero-order chi connectivity index (χ0) is 46.6. The fourth-order valence-corrected chi connectivity index (χ4v) is 7.52. The number of allylic oxidation sites excluding steroid dienone is 6. The predicted molar refractivity (Wildman–Crippen MR) is 268 cm³/mol. The number of nitrogens with zero attached hydrogens (tertiary/aromatic N) is 2. The number of benzene rings is 2. The first-order valence-electron chi connectivity index (χ1n) is 21.2. The van der Waals surface area contributed by atoms with Gasteiger partial charge in [-0.2, -0.15) is 0 Å². The zero-order valence-corrected chi connectivity index (χ0v) is 39.9. The molecule has 1 saturated heterocycles. The molecule has 3 aromatic rings. The topological polar surface area (TPSA) is 92.2 Å². The minimum Gasteiger partial charge on any atom is -0.399 e. The number of aromatic nitrogens is 1. The van der Waals surface area contributed by atoms with E-state index in [1.807, 2.05) is 61.5 Å². The van der Waals surface area contributed by atoms with Crippen LogP contribution in [-0.4, -0.2) is 47.4 Å². The highest BCUT2D eigenvalue weighted by Crippen LogP contribution is 2.54. The molecular weight excluding hydrogens is 814 g/mol. The lowest BCUT2D eigenvalue weighted by atomic mass is 9.76. The molecule has 10 heteroatoms. The Labute approximate surface area is 382 Å². The van der Waals surface area contributed by atoms with Crippen molar-refractivity contribution < 1.29 is 8.78 Å². The summed E-state index contributed by atoms with van der Waals surface area (Å²) in [6.07, 6.45) is 9.78. The van der Waals surface area contributed by atoms with E-state index >= 15 is 0 Å². The van der Waals surface area contributed by atoms with Crippen molar-refractivity contribution in [3.63, 3.8) is 0 Å². The summed E-state index contributed by atoms with van der Waals surface area (Å²) in [6.45, 7) is 37.5. The number of thiol groups is 1. The number of hydrogen-bond acceptors (Lipinski definition) is 7. The smallest absolute Gasteiger partial charge is 0.256 e. The molecule has 0 unspecified atom stereocenters. The Kier molecular flexibility index (Phi) is 18.5. The second kappa shape index (κ2) is 22.2. The first-order chi connectivity index (χ1) is 29.1. The molecule has 3 aliphatic rings. The molecule has 0 radical (unpaired) electrons. The maximum Gasteiger partial charge on any atom is 0.256 e. The van der Waals surface area contributed by atoms with Gasteiger partial charge in [0, 0.05) is 71.2 Å². The number of pyridine rings is 1. The number of rotatable bonds is 15. The van der Waals surface area contributed by atoms with E-state index in [-0.39, 0.29) is 29.2 Å². The number of nitrogens with two attached hydrogens (primary N) is 2. The van der Waals surface area contributed by atoms with E-state index in [0.717, 1.165) is 99.8 Å². The van der Waals surface area contributed by atoms with E-state index in [9.17, 15) is 8.78 Å². The Morgan fingerprint density at radius 3 is 2.19 bits per heavy atom. The first-order valence-corrected chi connectivity index (χ1v) is 22.2. The van der Waals surface area contributed by atoms with Crippen LogP contribution in [0.25, 0.3) is 17.0 Å². The Balaban J connectivity index is 0.000000318. The highest BCUT2D eigenvalue weighted by Gasteiger charge is 2.48. The van der Waals surface area contributed by atoms with Crippen LogP contribution < -0.4 is 22.1 Å². The third-order valence-electron chi connectivity index (χ3n) is 12.1. The molecule has 1 saturated carbocycles. The predicted octanol–water partition coefficient (Wildman–Crippen LogP) is 12.5. The quantitative estimate of drug-likeness (QED) is 0.0452. The fraction of sp³-hybridized carbons (Fsp3) is 0.404. The molecule has 6 nitrogen and oxygen atoms in total. The number of alkyl halides is 3. The number of nitrogens with one attached hydrogen (secondary N) is 2. The highest BCUT2D eigenvalue weighted by molar-refractivity contribution is 7.84. The van der Waals surface area contributed by atoms with E-state index < -0.39 is 5.92 Å². The summed E-state index contributed by atoms with van der Waals surface area (Å²) >= 11 is 10.4. The molecule has 1 aliphatic heterocycles. The minimum atomic E-state index is -2.64. The first kappa shape index (κ1) is 51.8. The molecule has 6 rings (SSSR count). The van der Waals surface area contributed by atoms with Gasteiger partial charge in [-0.15, -0.1) is 37.4 Å². The second-order valence-electron chi connectivity index (χ2n) is 17.9. The van der Waals surface area contributed by atoms with E-state index in [2.05, 4.69) is 126 Å². The third kappa shape index (κ3) is 13.7. The molecule has 6 N–H and O–H groups in total. The van der Waals surface area contributed by atoms with Crippen LogP contribution in [0.1, 0.15) is 88.1 Å². The molecule has 2 fully saturated rings. The summed E-state index contributed by atoms with van der Waals surface area (Å²) in [4.78, 5) is 8.15. The molecule has 2 heterocycles. The molecule has 0 amide bonds. The van der Waals surface area contributed by atoms with Crippen LogP contribution >= 0.6 is 24.2 Å². The number of halogens is 3. The van der Waals surface area contributed by atoms with Gasteiger partial charge in [0.05, 0.1) is 11.6 Å². The van der Waals surface area contributed by atoms with Gasteiger partial charge in [0.2, 0.25) is 0 Å². The number of likely N-dealkylation sites (tertiary alicyclic amines) is 1. The Morgan fingerprint density at radius 2 is 1.60 bits per heavy atom. The van der Waals surface area contributed by atoms with Crippen molar-refractivity contribution in [2.45, 2.75) is 96.9 Å². The van der Waals surface area contributed by atoms with Crippen molar-refractivity contribution in [2.75, 3.05) is 31.3 Å². The van der Waals surface area contributed by atoms with Crippen LogP contribution in [0.3, 0.4) is 0 Å². The standard InChI is InChI=1S/C28H27F2N3.C21H35ClN2S.C2H4.CH5N/c1-17-7-10-25(33-26(17)21-6-4-5-20(13-21)18(2)31)32-19(3)27(11-12-27)24-9-8-22-15-28(29,30)16-23(22)14-24;1-16(23-21(6,7)20(3,4)5)11-12-19(25)10-8-9-18-14-24(15-18)17(2)13-22;2*1-2/h4-10,13-14H,2-3,11-12,15-16,31H2,1H3,(H,32,33);8-10,18,23,25H,1-2,11-15H2,3-7H3;1-2H2;2H2,1H3/b;9-8+,19-10-;;. The molecule has 336 valence electrons. The van der Waals surface area contributed by atoms with Gasteiger partial charge >= 0.3 is 0 Å². The maximum atomic E-state index is 13.9. The summed E-state index contributed by atoms with van der Waals surface area (Å²) in [7, 11) is 1.50. The van der Waals surface area contributed by atoms with Crippen LogP contribution in [0, 0.1) is 18.3 Å². The summed E-state index contributed by atoms with van der Waals surface area (Å²) < 4.78 is 27.7. The lowest BCUT2D eigenvalue weighted by molar-refractivity contribution is 0.0130. The van der Waals surface area contributed by atoms with Crippen molar-refractivity contribution in [2.24, 2.45) is 22.8 Å². The van der Waals surface area contributed by atoms with E-state index in [4.69, 9.17) is 22.3 Å². The van der Waals surface area contributed by atoms with Crippen molar-refractivity contribution in [1.82, 2.24) is 15.2 Å². The van der Waals surface area contributed by atoms with Crippen molar-refractivity contribution in [3.05, 3.63) is 162 Å². The van der Waals surface area contributed by atoms with Gasteiger partial charge in [0.15, 0.2) is 0 Å². The fourth-order valence-electron chi connectivity index (χ4n) is 7.16. The van der Waals surface area contributed by atoms with Gasteiger partial charge in [-0.05, 0) is 104 Å². The third-order valence-corrected chi connectivity index (χ3v) is 12.8. The molecule has 0 bridgehead atoms. The SMILES string of the molecule is C=C.C=C(CC/C(S)=C/C=C/C1CN(C(=C)CCl)C1)NC(C)(C)C(C)(C)C.C=C(N)c1cccc(-c2nc(NC(=C)C3(c4ccc5c(c4)CC(F)(F)C5)CC3)ccc2C)c1.CN. The molecule has 62 heavy (non-hydrogen) atoms. The molecule has 2 aromatic carbocycles. The average Bonchev–Trinajstić information content (AvgIpc) is 3.96. The largest absolute Gasteiger partial charge is 0.399 e. The van der Waals surface area contributed by atoms with Crippen LogP contribution in [0.15, 0.2) is 134 Å². The Morgan fingerprint density at radius 1 is 0.952 bits per heavy atom. The highest BCUT2D eigenvalue weighted by atomic mass is 35.5. The number of fused-ring (bicyclic) bond motifs is 1. The van der Waals surface area contributed by atoms with E-state index in [0.29, 0.717) is 23.3 Å². The number of hydrogen-bond donors (Lipinski definition) is 5. The minimum absolute atomic E-state index is 0.00754. The van der Waals surface area contributed by atoms with Gasteiger partial charge in [-0.1, -0.05) is 108 Å². The van der Waals surface area contributed by atoms with Crippen molar-refractivity contribution in [3.8, 4) is 11.3 Å². The second-order valence-corrected chi connectivity index (χ2v) is 18.7. The summed E-state index contributed by atoms with van der Waals surface area (Å²) in [6, 6.07) is 17.6. The normalized spacial score (nSPS) is 16.2. The lowest BCUT2D eigenvalue weighted by Crippen LogP contribution is -2.49. The summed E-state index contributed by atoms with van der Waals surface area (Å²) in [5.41, 5.74) is 20.1. The maximum absolute atomic E-state index is 13.9. The van der Waals surface area contributed by atoms with Crippen LogP contribution in [0.5, 0.6) is 0 Å². The monoisotopic (exact) mass is 885 g/mol.